The number of hydrogen-bond donors (Lipinski definition) is 1. The molecule has 2 atom stereocenters. The lowest BCUT2D eigenvalue weighted by atomic mass is 10.1. The van der Waals surface area contributed by atoms with E-state index in [2.05, 4.69) is 11.0 Å². The Bertz CT molecular complexity index is 508. The molecule has 3 heteroatoms. The molecule has 0 aromatic heterocycles. The molecule has 20 heavy (non-hydrogen) atoms. The molecule has 0 heterocycles. The van der Waals surface area contributed by atoms with Crippen LogP contribution in [0.15, 0.2) is 18.2 Å². The summed E-state index contributed by atoms with van der Waals surface area (Å²) in [5, 5.41) is 10.7. The van der Waals surface area contributed by atoms with Gasteiger partial charge in [0.25, 0.3) is 0 Å². The summed E-state index contributed by atoms with van der Waals surface area (Å²) >= 11 is 0. The Morgan fingerprint density at radius 3 is 2.70 bits per heavy atom. The SMILES string of the molecule is COc1ccc2c(c1)C(O)C(N(CC1CC1)C1CC1)C2. The fraction of sp³-hybridized carbons (Fsp3) is 0.647. The third kappa shape index (κ3) is 2.23. The Morgan fingerprint density at radius 2 is 2.05 bits per heavy atom. The fourth-order valence-electron chi connectivity index (χ4n) is 3.56. The molecule has 2 fully saturated rings. The number of fused-ring (bicyclic) bond motifs is 1. The summed E-state index contributed by atoms with van der Waals surface area (Å²) in [6, 6.07) is 7.16. The van der Waals surface area contributed by atoms with E-state index < -0.39 is 0 Å². The van der Waals surface area contributed by atoms with Crippen molar-refractivity contribution in [2.45, 2.75) is 50.3 Å². The largest absolute Gasteiger partial charge is 0.497 e. The molecule has 0 bridgehead atoms. The lowest BCUT2D eigenvalue weighted by Gasteiger charge is -2.31. The Kier molecular flexibility index (Phi) is 3.00. The van der Waals surface area contributed by atoms with Crippen LogP contribution in [0.3, 0.4) is 0 Å². The number of rotatable bonds is 5. The average Bonchev–Trinajstić information content (AvgIpc) is 3.35. The van der Waals surface area contributed by atoms with E-state index in [4.69, 9.17) is 4.74 Å². The molecule has 0 saturated heterocycles. The van der Waals surface area contributed by atoms with Crippen LogP contribution in [0.4, 0.5) is 0 Å². The molecule has 0 spiro atoms. The maximum absolute atomic E-state index is 10.7. The molecule has 0 aliphatic heterocycles. The highest BCUT2D eigenvalue weighted by atomic mass is 16.5. The highest BCUT2D eigenvalue weighted by Crippen LogP contribution is 2.43. The van der Waals surface area contributed by atoms with E-state index in [9.17, 15) is 5.11 Å². The van der Waals surface area contributed by atoms with Crippen LogP contribution in [0.1, 0.15) is 42.9 Å². The molecular formula is C17H23NO2. The van der Waals surface area contributed by atoms with Gasteiger partial charge in [-0.05, 0) is 61.3 Å². The van der Waals surface area contributed by atoms with Gasteiger partial charge in [-0.3, -0.25) is 4.90 Å². The van der Waals surface area contributed by atoms with Gasteiger partial charge in [-0.1, -0.05) is 6.07 Å². The number of benzene rings is 1. The first kappa shape index (κ1) is 12.7. The van der Waals surface area contributed by atoms with E-state index in [0.717, 1.165) is 29.7 Å². The summed E-state index contributed by atoms with van der Waals surface area (Å²) in [5.41, 5.74) is 2.38. The van der Waals surface area contributed by atoms with Gasteiger partial charge in [0.05, 0.1) is 13.2 Å². The van der Waals surface area contributed by atoms with E-state index in [1.807, 2.05) is 12.1 Å². The summed E-state index contributed by atoms with van der Waals surface area (Å²) in [7, 11) is 1.68. The lowest BCUT2D eigenvalue weighted by Crippen LogP contribution is -2.41. The number of methoxy groups -OCH3 is 1. The first-order chi connectivity index (χ1) is 9.76. The topological polar surface area (TPSA) is 32.7 Å². The second-order valence-electron chi connectivity index (χ2n) is 6.65. The molecule has 1 N–H and O–H groups in total. The van der Waals surface area contributed by atoms with Crippen LogP contribution in [0, 0.1) is 5.92 Å². The maximum atomic E-state index is 10.7. The van der Waals surface area contributed by atoms with Gasteiger partial charge in [-0.2, -0.15) is 0 Å². The highest BCUT2D eigenvalue weighted by molar-refractivity contribution is 5.42. The molecule has 0 radical (unpaired) electrons. The van der Waals surface area contributed by atoms with Crippen LogP contribution in [0.25, 0.3) is 0 Å². The van der Waals surface area contributed by atoms with Gasteiger partial charge in [0.1, 0.15) is 5.75 Å². The van der Waals surface area contributed by atoms with Gasteiger partial charge in [0, 0.05) is 18.6 Å². The Hall–Kier alpha value is -1.06. The molecule has 4 rings (SSSR count). The van der Waals surface area contributed by atoms with Crippen LogP contribution in [0.2, 0.25) is 0 Å². The van der Waals surface area contributed by atoms with Gasteiger partial charge in [-0.15, -0.1) is 0 Å². The Balaban J connectivity index is 1.57. The molecule has 1 aromatic rings. The maximum Gasteiger partial charge on any atom is 0.119 e. The van der Waals surface area contributed by atoms with Crippen molar-refractivity contribution < 1.29 is 9.84 Å². The van der Waals surface area contributed by atoms with E-state index in [-0.39, 0.29) is 12.1 Å². The Morgan fingerprint density at radius 1 is 1.25 bits per heavy atom. The number of aliphatic hydroxyl groups is 1. The summed E-state index contributed by atoms with van der Waals surface area (Å²) in [6.07, 6.45) is 6.04. The second-order valence-corrected chi connectivity index (χ2v) is 6.65. The third-order valence-electron chi connectivity index (χ3n) is 5.07. The average molecular weight is 273 g/mol. The predicted octanol–water partition coefficient (Wildman–Crippen LogP) is 2.53. The molecule has 3 nitrogen and oxygen atoms in total. The minimum atomic E-state index is -0.348. The zero-order chi connectivity index (χ0) is 13.7. The predicted molar refractivity (Wildman–Crippen MR) is 77.9 cm³/mol. The standard InChI is InChI=1S/C17H23NO2/c1-20-14-7-4-12-8-16(17(19)15(12)9-14)18(13-5-6-13)10-11-2-3-11/h4,7,9,11,13,16-17,19H,2-3,5-6,8,10H2,1H3. The summed E-state index contributed by atoms with van der Waals surface area (Å²) in [5.74, 6) is 1.74. The quantitative estimate of drug-likeness (QED) is 0.895. The molecule has 108 valence electrons. The summed E-state index contributed by atoms with van der Waals surface area (Å²) < 4.78 is 5.29. The van der Waals surface area contributed by atoms with Crippen molar-refractivity contribution in [1.29, 1.82) is 0 Å². The minimum absolute atomic E-state index is 0.283. The zero-order valence-electron chi connectivity index (χ0n) is 12.1. The van der Waals surface area contributed by atoms with Crippen molar-refractivity contribution in [3.05, 3.63) is 29.3 Å². The van der Waals surface area contributed by atoms with E-state index in [1.54, 1.807) is 7.11 Å². The van der Waals surface area contributed by atoms with Crippen LogP contribution in [-0.4, -0.2) is 35.7 Å². The number of ether oxygens (including phenoxy) is 1. The smallest absolute Gasteiger partial charge is 0.119 e. The molecule has 2 saturated carbocycles. The minimum Gasteiger partial charge on any atom is -0.497 e. The zero-order valence-corrected chi connectivity index (χ0v) is 12.1. The molecule has 2 unspecified atom stereocenters. The number of nitrogens with zero attached hydrogens (tertiary/aromatic N) is 1. The third-order valence-corrected chi connectivity index (χ3v) is 5.07. The van der Waals surface area contributed by atoms with Gasteiger partial charge in [0.2, 0.25) is 0 Å². The van der Waals surface area contributed by atoms with Crippen LogP contribution in [0.5, 0.6) is 5.75 Å². The van der Waals surface area contributed by atoms with Crippen LogP contribution < -0.4 is 4.74 Å². The van der Waals surface area contributed by atoms with Gasteiger partial charge >= 0.3 is 0 Å². The first-order valence-electron chi connectivity index (χ1n) is 7.87. The molecule has 0 amide bonds. The summed E-state index contributed by atoms with van der Waals surface area (Å²) in [4.78, 5) is 2.61. The Labute approximate surface area is 120 Å². The molecule has 3 aliphatic rings. The number of hydrogen-bond acceptors (Lipinski definition) is 3. The van der Waals surface area contributed by atoms with Crippen molar-refractivity contribution in [2.24, 2.45) is 5.92 Å². The van der Waals surface area contributed by atoms with Crippen molar-refractivity contribution in [3.63, 3.8) is 0 Å². The monoisotopic (exact) mass is 273 g/mol. The van der Waals surface area contributed by atoms with E-state index >= 15 is 0 Å². The van der Waals surface area contributed by atoms with E-state index in [1.165, 1.54) is 37.8 Å². The van der Waals surface area contributed by atoms with Crippen LogP contribution >= 0.6 is 0 Å². The number of aliphatic hydroxyl groups excluding tert-OH is 1. The molecule has 1 aromatic carbocycles. The fourth-order valence-corrected chi connectivity index (χ4v) is 3.56. The normalized spacial score (nSPS) is 28.8. The van der Waals surface area contributed by atoms with Gasteiger partial charge < -0.3 is 9.84 Å². The van der Waals surface area contributed by atoms with Crippen molar-refractivity contribution in [3.8, 4) is 5.75 Å². The van der Waals surface area contributed by atoms with Crippen LogP contribution in [-0.2, 0) is 6.42 Å². The lowest BCUT2D eigenvalue weighted by molar-refractivity contribution is 0.0524. The summed E-state index contributed by atoms with van der Waals surface area (Å²) in [6.45, 7) is 1.19. The van der Waals surface area contributed by atoms with Crippen molar-refractivity contribution in [2.75, 3.05) is 13.7 Å². The van der Waals surface area contributed by atoms with Crippen molar-refractivity contribution in [1.82, 2.24) is 4.90 Å². The van der Waals surface area contributed by atoms with Gasteiger partial charge in [-0.25, -0.2) is 0 Å². The first-order valence-corrected chi connectivity index (χ1v) is 7.87. The second kappa shape index (κ2) is 4.74. The molecule has 3 aliphatic carbocycles. The molecular weight excluding hydrogens is 250 g/mol. The van der Waals surface area contributed by atoms with Gasteiger partial charge in [0.15, 0.2) is 0 Å². The highest BCUT2D eigenvalue weighted by Gasteiger charge is 2.43. The van der Waals surface area contributed by atoms with E-state index in [0.29, 0.717) is 0 Å². The van der Waals surface area contributed by atoms with Crippen molar-refractivity contribution >= 4 is 0 Å².